The van der Waals surface area contributed by atoms with E-state index in [1.54, 1.807) is 0 Å². The van der Waals surface area contributed by atoms with E-state index in [-0.39, 0.29) is 0 Å². The van der Waals surface area contributed by atoms with Crippen LogP contribution in [0.4, 0.5) is 5.13 Å². The van der Waals surface area contributed by atoms with E-state index in [2.05, 4.69) is 17.1 Å². The van der Waals surface area contributed by atoms with Gasteiger partial charge in [0.05, 0.1) is 5.69 Å². The average Bonchev–Trinajstić information content (AvgIpc) is 2.60. The standard InChI is InChI=1S/C12H19N3S/c1-9-11(10-5-6-13-10)16-12(14-9)15-7-3-2-4-8-15/h10,13H,2-8H2,1H3. The first-order valence-corrected chi connectivity index (χ1v) is 7.12. The Balaban J connectivity index is 1.79. The van der Waals surface area contributed by atoms with Crippen LogP contribution in [0.5, 0.6) is 0 Å². The highest BCUT2D eigenvalue weighted by atomic mass is 32.1. The first-order valence-electron chi connectivity index (χ1n) is 6.30. The van der Waals surface area contributed by atoms with Gasteiger partial charge in [0.2, 0.25) is 0 Å². The molecule has 0 amide bonds. The Morgan fingerprint density at radius 2 is 2.06 bits per heavy atom. The molecule has 0 saturated carbocycles. The molecule has 0 spiro atoms. The number of nitrogens with one attached hydrogen (secondary N) is 1. The number of rotatable bonds is 2. The molecule has 2 aliphatic heterocycles. The van der Waals surface area contributed by atoms with Crippen molar-refractivity contribution in [1.29, 1.82) is 0 Å². The van der Waals surface area contributed by atoms with E-state index >= 15 is 0 Å². The largest absolute Gasteiger partial charge is 0.348 e. The Hall–Kier alpha value is -0.610. The Morgan fingerprint density at radius 3 is 2.69 bits per heavy atom. The third-order valence-corrected chi connectivity index (χ3v) is 4.92. The molecular formula is C12H19N3S. The number of hydrogen-bond acceptors (Lipinski definition) is 4. The van der Waals surface area contributed by atoms with Crippen molar-refractivity contribution in [3.8, 4) is 0 Å². The first kappa shape index (κ1) is 10.5. The van der Waals surface area contributed by atoms with E-state index in [1.165, 1.54) is 61.0 Å². The number of anilines is 1. The molecule has 1 unspecified atom stereocenters. The van der Waals surface area contributed by atoms with Crippen LogP contribution in [0.15, 0.2) is 0 Å². The number of aryl methyl sites for hydroxylation is 1. The van der Waals surface area contributed by atoms with Crippen LogP contribution in [-0.2, 0) is 0 Å². The Morgan fingerprint density at radius 1 is 1.31 bits per heavy atom. The smallest absolute Gasteiger partial charge is 0.185 e. The number of thiazole rings is 1. The van der Waals surface area contributed by atoms with Gasteiger partial charge in [0.1, 0.15) is 0 Å². The van der Waals surface area contributed by atoms with Gasteiger partial charge in [0.25, 0.3) is 0 Å². The molecular weight excluding hydrogens is 218 g/mol. The predicted octanol–water partition coefficient (Wildman–Crippen LogP) is 2.48. The Labute approximate surface area is 101 Å². The summed E-state index contributed by atoms with van der Waals surface area (Å²) in [5.74, 6) is 0. The lowest BCUT2D eigenvalue weighted by Crippen LogP contribution is -2.34. The van der Waals surface area contributed by atoms with Gasteiger partial charge < -0.3 is 10.2 Å². The highest BCUT2D eigenvalue weighted by molar-refractivity contribution is 7.15. The zero-order valence-corrected chi connectivity index (χ0v) is 10.6. The van der Waals surface area contributed by atoms with Crippen molar-refractivity contribution in [1.82, 2.24) is 10.3 Å². The van der Waals surface area contributed by atoms with Crippen LogP contribution < -0.4 is 10.2 Å². The maximum absolute atomic E-state index is 4.74. The van der Waals surface area contributed by atoms with Gasteiger partial charge in [-0.1, -0.05) is 0 Å². The quantitative estimate of drug-likeness (QED) is 0.856. The minimum absolute atomic E-state index is 0.594. The minimum Gasteiger partial charge on any atom is -0.348 e. The summed E-state index contributed by atoms with van der Waals surface area (Å²) >= 11 is 1.90. The highest BCUT2D eigenvalue weighted by Crippen LogP contribution is 2.35. The summed E-state index contributed by atoms with van der Waals surface area (Å²) in [4.78, 5) is 8.67. The van der Waals surface area contributed by atoms with Crippen LogP contribution in [0.2, 0.25) is 0 Å². The van der Waals surface area contributed by atoms with Gasteiger partial charge in [-0.2, -0.15) is 0 Å². The topological polar surface area (TPSA) is 28.2 Å². The van der Waals surface area contributed by atoms with Gasteiger partial charge in [-0.05, 0) is 39.2 Å². The molecule has 1 N–H and O–H groups in total. The van der Waals surface area contributed by atoms with Crippen LogP contribution in [0.25, 0.3) is 0 Å². The molecule has 0 aromatic carbocycles. The van der Waals surface area contributed by atoms with Crippen molar-refractivity contribution < 1.29 is 0 Å². The lowest BCUT2D eigenvalue weighted by molar-refractivity contribution is 0.387. The first-order chi connectivity index (χ1) is 7.84. The molecule has 16 heavy (non-hydrogen) atoms. The molecule has 0 radical (unpaired) electrons. The highest BCUT2D eigenvalue weighted by Gasteiger charge is 2.25. The summed E-state index contributed by atoms with van der Waals surface area (Å²) < 4.78 is 0. The van der Waals surface area contributed by atoms with Crippen molar-refractivity contribution in [3.63, 3.8) is 0 Å². The fourth-order valence-electron chi connectivity index (χ4n) is 2.45. The Bertz CT molecular complexity index is 364. The lowest BCUT2D eigenvalue weighted by Gasteiger charge is -2.27. The predicted molar refractivity (Wildman–Crippen MR) is 68.3 cm³/mol. The van der Waals surface area contributed by atoms with E-state index < -0.39 is 0 Å². The molecule has 4 heteroatoms. The number of piperidine rings is 1. The van der Waals surface area contributed by atoms with Crippen LogP contribution in [0.1, 0.15) is 42.3 Å². The van der Waals surface area contributed by atoms with Crippen molar-refractivity contribution in [2.45, 2.75) is 38.6 Å². The van der Waals surface area contributed by atoms with Crippen molar-refractivity contribution in [3.05, 3.63) is 10.6 Å². The molecule has 3 nitrogen and oxygen atoms in total. The second kappa shape index (κ2) is 4.34. The van der Waals surface area contributed by atoms with E-state index in [0.717, 1.165) is 0 Å². The number of hydrogen-bond donors (Lipinski definition) is 1. The fourth-order valence-corrected chi connectivity index (χ4v) is 3.68. The van der Waals surface area contributed by atoms with E-state index in [0.29, 0.717) is 6.04 Å². The SMILES string of the molecule is Cc1nc(N2CCCCC2)sc1C1CCN1. The second-order valence-corrected chi connectivity index (χ2v) is 5.80. The monoisotopic (exact) mass is 237 g/mol. The lowest BCUT2D eigenvalue weighted by atomic mass is 10.1. The van der Waals surface area contributed by atoms with E-state index in [1.807, 2.05) is 11.3 Å². The molecule has 0 aliphatic carbocycles. The zero-order valence-electron chi connectivity index (χ0n) is 9.83. The summed E-state index contributed by atoms with van der Waals surface area (Å²) in [6, 6.07) is 0.594. The van der Waals surface area contributed by atoms with Crippen LogP contribution in [-0.4, -0.2) is 24.6 Å². The van der Waals surface area contributed by atoms with Gasteiger partial charge in [0.15, 0.2) is 5.13 Å². The summed E-state index contributed by atoms with van der Waals surface area (Å²) in [7, 11) is 0. The Kier molecular flexibility index (Phi) is 2.86. The van der Waals surface area contributed by atoms with Crippen molar-refractivity contribution in [2.75, 3.05) is 24.5 Å². The van der Waals surface area contributed by atoms with Crippen LogP contribution in [0, 0.1) is 6.92 Å². The third-order valence-electron chi connectivity index (χ3n) is 3.59. The maximum atomic E-state index is 4.74. The maximum Gasteiger partial charge on any atom is 0.185 e. The molecule has 1 aromatic heterocycles. The summed E-state index contributed by atoms with van der Waals surface area (Å²) in [6.45, 7) is 5.72. The molecule has 0 bridgehead atoms. The molecule has 2 saturated heterocycles. The second-order valence-electron chi connectivity index (χ2n) is 4.79. The third kappa shape index (κ3) is 1.84. The van der Waals surface area contributed by atoms with Crippen LogP contribution in [0.3, 0.4) is 0 Å². The molecule has 1 aromatic rings. The van der Waals surface area contributed by atoms with E-state index in [4.69, 9.17) is 4.98 Å². The molecule has 2 fully saturated rings. The summed E-state index contributed by atoms with van der Waals surface area (Å²) in [5, 5.41) is 4.72. The van der Waals surface area contributed by atoms with Gasteiger partial charge in [0, 0.05) is 24.0 Å². The van der Waals surface area contributed by atoms with Gasteiger partial charge in [-0.25, -0.2) is 4.98 Å². The molecule has 1 atom stereocenters. The van der Waals surface area contributed by atoms with Crippen molar-refractivity contribution >= 4 is 16.5 Å². The molecule has 88 valence electrons. The fraction of sp³-hybridized carbons (Fsp3) is 0.750. The number of nitrogens with zero attached hydrogens (tertiary/aromatic N) is 2. The summed E-state index contributed by atoms with van der Waals surface area (Å²) in [6.07, 6.45) is 5.33. The number of aromatic nitrogens is 1. The summed E-state index contributed by atoms with van der Waals surface area (Å²) in [5.41, 5.74) is 1.24. The van der Waals surface area contributed by atoms with Gasteiger partial charge in [-0.3, -0.25) is 0 Å². The van der Waals surface area contributed by atoms with Crippen LogP contribution >= 0.6 is 11.3 Å². The zero-order chi connectivity index (χ0) is 11.0. The van der Waals surface area contributed by atoms with Gasteiger partial charge in [-0.15, -0.1) is 11.3 Å². The van der Waals surface area contributed by atoms with Crippen molar-refractivity contribution in [2.24, 2.45) is 0 Å². The average molecular weight is 237 g/mol. The van der Waals surface area contributed by atoms with Gasteiger partial charge >= 0.3 is 0 Å². The molecule has 3 heterocycles. The van der Waals surface area contributed by atoms with E-state index in [9.17, 15) is 0 Å². The normalized spacial score (nSPS) is 25.6. The molecule has 3 rings (SSSR count). The molecule has 2 aliphatic rings. The minimum atomic E-state index is 0.594.